The minimum absolute atomic E-state index is 0.251. The number of rotatable bonds is 6. The third-order valence-electron chi connectivity index (χ3n) is 5.24. The highest BCUT2D eigenvalue weighted by atomic mass is 19.1. The fraction of sp³-hybridized carbons (Fsp3) is 0.217. The predicted molar refractivity (Wildman–Crippen MR) is 117 cm³/mol. The maximum Gasteiger partial charge on any atom is 0.226 e. The van der Waals surface area contributed by atoms with Crippen molar-refractivity contribution in [1.29, 1.82) is 0 Å². The lowest BCUT2D eigenvalue weighted by Gasteiger charge is -2.09. The van der Waals surface area contributed by atoms with Crippen LogP contribution in [0.2, 0.25) is 0 Å². The first-order valence-corrected chi connectivity index (χ1v) is 10.2. The Kier molecular flexibility index (Phi) is 4.82. The molecule has 5 aromatic rings. The second-order valence-electron chi connectivity index (χ2n) is 7.60. The van der Waals surface area contributed by atoms with E-state index < -0.39 is 0 Å². The lowest BCUT2D eigenvalue weighted by atomic mass is 10.2. The molecule has 7 nitrogen and oxygen atoms in total. The van der Waals surface area contributed by atoms with Gasteiger partial charge in [-0.25, -0.2) is 14.4 Å². The van der Waals surface area contributed by atoms with Crippen molar-refractivity contribution in [3.05, 3.63) is 83.2 Å². The number of aryl methyl sites for hydroxylation is 4. The number of nitrogens with zero attached hydrogens (tertiary/aromatic N) is 6. The van der Waals surface area contributed by atoms with Crippen LogP contribution in [0.4, 0.5) is 10.3 Å². The highest BCUT2D eigenvalue weighted by Gasteiger charge is 2.14. The molecule has 0 fully saturated rings. The summed E-state index contributed by atoms with van der Waals surface area (Å²) in [6.45, 7) is 5.25. The van der Waals surface area contributed by atoms with Gasteiger partial charge >= 0.3 is 0 Å². The zero-order valence-electron chi connectivity index (χ0n) is 17.4. The molecule has 5 rings (SSSR count). The Morgan fingerprint density at radius 2 is 1.77 bits per heavy atom. The van der Waals surface area contributed by atoms with Gasteiger partial charge in [0.25, 0.3) is 0 Å². The monoisotopic (exact) mass is 415 g/mol. The lowest BCUT2D eigenvalue weighted by Crippen LogP contribution is -2.09. The van der Waals surface area contributed by atoms with Gasteiger partial charge in [-0.1, -0.05) is 24.3 Å². The van der Waals surface area contributed by atoms with Crippen molar-refractivity contribution in [1.82, 2.24) is 29.4 Å². The quantitative estimate of drug-likeness (QED) is 0.452. The van der Waals surface area contributed by atoms with Crippen molar-refractivity contribution in [2.75, 3.05) is 5.32 Å². The summed E-state index contributed by atoms with van der Waals surface area (Å²) in [6.07, 6.45) is 0.662. The molecule has 0 atom stereocenters. The fourth-order valence-electron chi connectivity index (χ4n) is 3.71. The van der Waals surface area contributed by atoms with Crippen LogP contribution in [-0.2, 0) is 19.5 Å². The molecule has 8 heteroatoms. The molecule has 0 aliphatic heterocycles. The summed E-state index contributed by atoms with van der Waals surface area (Å²) in [5.41, 5.74) is 4.68. The van der Waals surface area contributed by atoms with Crippen LogP contribution < -0.4 is 5.32 Å². The van der Waals surface area contributed by atoms with Crippen molar-refractivity contribution < 1.29 is 4.39 Å². The maximum absolute atomic E-state index is 13.2. The molecule has 0 spiro atoms. The number of hydrogen-bond acceptors (Lipinski definition) is 5. The SMILES string of the molecule is Cc1cc(C)n(CCc2nc3c4ccccc4nc(NCc4ccc(F)cc4)n3n2)n1. The van der Waals surface area contributed by atoms with E-state index in [2.05, 4.69) is 16.5 Å². The van der Waals surface area contributed by atoms with Crippen LogP contribution in [-0.4, -0.2) is 29.4 Å². The summed E-state index contributed by atoms with van der Waals surface area (Å²) < 4.78 is 16.9. The van der Waals surface area contributed by atoms with Crippen LogP contribution in [0.5, 0.6) is 0 Å². The molecule has 0 amide bonds. The van der Waals surface area contributed by atoms with Gasteiger partial charge in [0.15, 0.2) is 11.5 Å². The van der Waals surface area contributed by atoms with Crippen LogP contribution in [0.25, 0.3) is 16.6 Å². The van der Waals surface area contributed by atoms with Crippen LogP contribution in [0.1, 0.15) is 22.8 Å². The molecule has 0 bridgehead atoms. The number of nitrogens with one attached hydrogen (secondary N) is 1. The molecule has 3 heterocycles. The predicted octanol–water partition coefficient (Wildman–Crippen LogP) is 4.08. The number of halogens is 1. The number of hydrogen-bond donors (Lipinski definition) is 1. The highest BCUT2D eigenvalue weighted by molar-refractivity contribution is 5.92. The van der Waals surface area contributed by atoms with Crippen molar-refractivity contribution in [2.45, 2.75) is 33.4 Å². The number of anilines is 1. The molecule has 1 N–H and O–H groups in total. The lowest BCUT2D eigenvalue weighted by molar-refractivity contribution is 0.581. The second kappa shape index (κ2) is 7.79. The summed E-state index contributed by atoms with van der Waals surface area (Å²) in [5, 5.41) is 13.5. The third kappa shape index (κ3) is 3.84. The molecule has 2 aromatic carbocycles. The molecule has 0 saturated carbocycles. The average Bonchev–Trinajstić information content (AvgIpc) is 3.34. The molecule has 0 radical (unpaired) electrons. The Morgan fingerprint density at radius 3 is 2.55 bits per heavy atom. The van der Waals surface area contributed by atoms with Crippen molar-refractivity contribution in [2.24, 2.45) is 0 Å². The van der Waals surface area contributed by atoms with Crippen molar-refractivity contribution in [3.8, 4) is 0 Å². The number of benzene rings is 2. The van der Waals surface area contributed by atoms with Gasteiger partial charge in [0.05, 0.1) is 11.2 Å². The Labute approximate surface area is 178 Å². The smallest absolute Gasteiger partial charge is 0.226 e. The van der Waals surface area contributed by atoms with Gasteiger partial charge in [-0.2, -0.15) is 9.61 Å². The Morgan fingerprint density at radius 1 is 0.968 bits per heavy atom. The van der Waals surface area contributed by atoms with Gasteiger partial charge < -0.3 is 5.32 Å². The minimum atomic E-state index is -0.251. The summed E-state index contributed by atoms with van der Waals surface area (Å²) in [6, 6.07) is 16.4. The van der Waals surface area contributed by atoms with Gasteiger partial charge in [-0.3, -0.25) is 4.68 Å². The minimum Gasteiger partial charge on any atom is -0.350 e. The van der Waals surface area contributed by atoms with Crippen LogP contribution >= 0.6 is 0 Å². The first kappa shape index (κ1) is 19.2. The molecule has 0 unspecified atom stereocenters. The first-order chi connectivity index (χ1) is 15.1. The average molecular weight is 415 g/mol. The van der Waals surface area contributed by atoms with E-state index in [0.29, 0.717) is 25.5 Å². The van der Waals surface area contributed by atoms with Crippen molar-refractivity contribution >= 4 is 22.5 Å². The summed E-state index contributed by atoms with van der Waals surface area (Å²) in [7, 11) is 0. The van der Waals surface area contributed by atoms with Crippen LogP contribution in [0.15, 0.2) is 54.6 Å². The topological polar surface area (TPSA) is 72.9 Å². The number of para-hydroxylation sites is 1. The van der Waals surface area contributed by atoms with E-state index in [4.69, 9.17) is 15.1 Å². The zero-order valence-corrected chi connectivity index (χ0v) is 17.4. The van der Waals surface area contributed by atoms with Gasteiger partial charge in [0.1, 0.15) is 5.82 Å². The molecular weight excluding hydrogens is 393 g/mol. The van der Waals surface area contributed by atoms with Crippen molar-refractivity contribution in [3.63, 3.8) is 0 Å². The molecule has 0 aliphatic carbocycles. The molecule has 31 heavy (non-hydrogen) atoms. The van der Waals surface area contributed by atoms with E-state index in [9.17, 15) is 4.39 Å². The Balaban J connectivity index is 1.48. The van der Waals surface area contributed by atoms with E-state index in [0.717, 1.165) is 39.3 Å². The standard InChI is InChI=1S/C23H22FN7/c1-15-13-16(2)30(28-15)12-11-21-27-22-19-5-3-4-6-20(19)26-23(31(22)29-21)25-14-17-7-9-18(24)10-8-17/h3-10,13H,11-12,14H2,1-2H3,(H,25,26). The van der Waals surface area contributed by atoms with E-state index in [-0.39, 0.29) is 5.82 Å². The molecule has 0 aliphatic rings. The third-order valence-corrected chi connectivity index (χ3v) is 5.24. The largest absolute Gasteiger partial charge is 0.350 e. The summed E-state index contributed by atoms with van der Waals surface area (Å²) in [5.74, 6) is 1.08. The van der Waals surface area contributed by atoms with Gasteiger partial charge in [0, 0.05) is 30.6 Å². The molecule has 0 saturated heterocycles. The first-order valence-electron chi connectivity index (χ1n) is 10.2. The molecule has 3 aromatic heterocycles. The maximum atomic E-state index is 13.2. The van der Waals surface area contributed by atoms with Gasteiger partial charge in [0.2, 0.25) is 5.95 Å². The molecular formula is C23H22FN7. The fourth-order valence-corrected chi connectivity index (χ4v) is 3.71. The Hall–Kier alpha value is -3.81. The zero-order chi connectivity index (χ0) is 21.4. The van der Waals surface area contributed by atoms with Gasteiger partial charge in [-0.15, -0.1) is 5.10 Å². The number of fused-ring (bicyclic) bond motifs is 3. The van der Waals surface area contributed by atoms with E-state index >= 15 is 0 Å². The summed E-state index contributed by atoms with van der Waals surface area (Å²) in [4.78, 5) is 9.54. The van der Waals surface area contributed by atoms with E-state index in [1.807, 2.05) is 42.8 Å². The molecule has 156 valence electrons. The number of aromatic nitrogens is 6. The van der Waals surface area contributed by atoms with E-state index in [1.165, 1.54) is 12.1 Å². The summed E-state index contributed by atoms with van der Waals surface area (Å²) >= 11 is 0. The van der Waals surface area contributed by atoms with Crippen LogP contribution in [0, 0.1) is 19.7 Å². The van der Waals surface area contributed by atoms with Crippen LogP contribution in [0.3, 0.4) is 0 Å². The normalized spacial score (nSPS) is 11.5. The van der Waals surface area contributed by atoms with E-state index in [1.54, 1.807) is 16.6 Å². The Bertz CT molecular complexity index is 1370. The van der Waals surface area contributed by atoms with Gasteiger partial charge in [-0.05, 0) is 49.7 Å². The highest BCUT2D eigenvalue weighted by Crippen LogP contribution is 2.21. The second-order valence-corrected chi connectivity index (χ2v) is 7.60.